The summed E-state index contributed by atoms with van der Waals surface area (Å²) in [5.74, 6) is 2.08. The lowest BCUT2D eigenvalue weighted by molar-refractivity contribution is -0.133. The second kappa shape index (κ2) is 7.62. The third-order valence-electron chi connectivity index (χ3n) is 4.90. The highest BCUT2D eigenvalue weighted by atomic mass is 79.9. The van der Waals surface area contributed by atoms with Crippen LogP contribution in [-0.2, 0) is 4.79 Å². The molecule has 0 N–H and O–H groups in total. The number of nitrogens with zero attached hydrogens (tertiary/aromatic N) is 4. The first-order valence-corrected chi connectivity index (χ1v) is 9.28. The standard InChI is InChI=1S/C17H25BrN4O/c1-14-4-6-22(7-5-14)17(23)13-20-8-10-21(11-9-20)16-3-2-15(18)12-19-16/h2-3,12,14H,4-11,13H2,1H3. The van der Waals surface area contributed by atoms with Crippen LogP contribution in [0.4, 0.5) is 5.82 Å². The summed E-state index contributed by atoms with van der Waals surface area (Å²) in [5.41, 5.74) is 0. The molecule has 2 fully saturated rings. The quantitative estimate of drug-likeness (QED) is 0.805. The predicted molar refractivity (Wildman–Crippen MR) is 95.6 cm³/mol. The molecule has 3 heterocycles. The van der Waals surface area contributed by atoms with Gasteiger partial charge in [0.2, 0.25) is 5.91 Å². The molecule has 2 saturated heterocycles. The number of aromatic nitrogens is 1. The Balaban J connectivity index is 1.45. The van der Waals surface area contributed by atoms with E-state index in [1.807, 2.05) is 23.2 Å². The summed E-state index contributed by atoms with van der Waals surface area (Å²) < 4.78 is 1.00. The Hall–Kier alpha value is -1.14. The van der Waals surface area contributed by atoms with Crippen molar-refractivity contribution in [2.75, 3.05) is 50.7 Å². The Morgan fingerprint density at radius 1 is 1.17 bits per heavy atom. The van der Waals surface area contributed by atoms with Gasteiger partial charge in [0.05, 0.1) is 6.54 Å². The van der Waals surface area contributed by atoms with E-state index in [1.54, 1.807) is 0 Å². The summed E-state index contributed by atoms with van der Waals surface area (Å²) >= 11 is 3.42. The molecule has 0 spiro atoms. The molecular formula is C17H25BrN4O. The number of hydrogen-bond acceptors (Lipinski definition) is 4. The second-order valence-corrected chi connectivity index (χ2v) is 7.58. The minimum atomic E-state index is 0.298. The van der Waals surface area contributed by atoms with Gasteiger partial charge in [-0.25, -0.2) is 4.98 Å². The van der Waals surface area contributed by atoms with Crippen molar-refractivity contribution >= 4 is 27.7 Å². The average Bonchev–Trinajstić information content (AvgIpc) is 2.57. The molecule has 0 aliphatic carbocycles. The monoisotopic (exact) mass is 380 g/mol. The summed E-state index contributed by atoms with van der Waals surface area (Å²) in [7, 11) is 0. The molecule has 1 aromatic heterocycles. The fraction of sp³-hybridized carbons (Fsp3) is 0.647. The molecule has 2 aliphatic rings. The zero-order chi connectivity index (χ0) is 16.2. The van der Waals surface area contributed by atoms with Gasteiger partial charge in [-0.2, -0.15) is 0 Å². The maximum absolute atomic E-state index is 12.4. The number of rotatable bonds is 3. The molecule has 1 aromatic rings. The highest BCUT2D eigenvalue weighted by molar-refractivity contribution is 9.10. The molecule has 2 aliphatic heterocycles. The third kappa shape index (κ3) is 4.44. The lowest BCUT2D eigenvalue weighted by Gasteiger charge is -2.37. The Bertz CT molecular complexity index is 520. The van der Waals surface area contributed by atoms with Crippen molar-refractivity contribution in [2.45, 2.75) is 19.8 Å². The fourth-order valence-electron chi connectivity index (χ4n) is 3.24. The number of carbonyl (C=O) groups is 1. The van der Waals surface area contributed by atoms with E-state index >= 15 is 0 Å². The summed E-state index contributed by atoms with van der Waals surface area (Å²) in [6.45, 7) is 8.41. The van der Waals surface area contributed by atoms with Crippen LogP contribution in [0.2, 0.25) is 0 Å². The second-order valence-electron chi connectivity index (χ2n) is 6.66. The third-order valence-corrected chi connectivity index (χ3v) is 5.37. The van der Waals surface area contributed by atoms with Crippen molar-refractivity contribution in [1.29, 1.82) is 0 Å². The molecule has 126 valence electrons. The van der Waals surface area contributed by atoms with Gasteiger partial charge in [-0.1, -0.05) is 6.92 Å². The normalized spacial score (nSPS) is 20.8. The summed E-state index contributed by atoms with van der Waals surface area (Å²) in [5, 5.41) is 0. The minimum Gasteiger partial charge on any atom is -0.354 e. The number of piperazine rings is 1. The van der Waals surface area contributed by atoms with Gasteiger partial charge in [0.25, 0.3) is 0 Å². The highest BCUT2D eigenvalue weighted by Gasteiger charge is 2.24. The molecule has 6 heteroatoms. The lowest BCUT2D eigenvalue weighted by atomic mass is 9.99. The van der Waals surface area contributed by atoms with E-state index in [2.05, 4.69) is 37.6 Å². The van der Waals surface area contributed by atoms with Gasteiger partial charge in [0, 0.05) is 49.9 Å². The number of carbonyl (C=O) groups excluding carboxylic acids is 1. The van der Waals surface area contributed by atoms with Crippen LogP contribution in [0.3, 0.4) is 0 Å². The highest BCUT2D eigenvalue weighted by Crippen LogP contribution is 2.18. The van der Waals surface area contributed by atoms with Crippen LogP contribution in [0, 0.1) is 5.92 Å². The number of anilines is 1. The molecule has 5 nitrogen and oxygen atoms in total. The van der Waals surface area contributed by atoms with Gasteiger partial charge in [0.1, 0.15) is 5.82 Å². The molecule has 0 bridgehead atoms. The van der Waals surface area contributed by atoms with E-state index in [-0.39, 0.29) is 0 Å². The number of piperidine rings is 1. The molecule has 0 atom stereocenters. The number of hydrogen-bond donors (Lipinski definition) is 0. The van der Waals surface area contributed by atoms with Gasteiger partial charge in [-0.05, 0) is 46.8 Å². The SMILES string of the molecule is CC1CCN(C(=O)CN2CCN(c3ccc(Br)cn3)CC2)CC1. The Kier molecular flexibility index (Phi) is 5.54. The van der Waals surface area contributed by atoms with Crippen molar-refractivity contribution in [1.82, 2.24) is 14.8 Å². The summed E-state index contributed by atoms with van der Waals surface area (Å²) in [6.07, 6.45) is 4.13. The maximum atomic E-state index is 12.4. The minimum absolute atomic E-state index is 0.298. The number of amides is 1. The fourth-order valence-corrected chi connectivity index (χ4v) is 3.47. The van der Waals surface area contributed by atoms with Crippen LogP contribution in [-0.4, -0.2) is 66.5 Å². The summed E-state index contributed by atoms with van der Waals surface area (Å²) in [4.78, 5) is 23.5. The Morgan fingerprint density at radius 3 is 2.48 bits per heavy atom. The van der Waals surface area contributed by atoms with Gasteiger partial charge >= 0.3 is 0 Å². The summed E-state index contributed by atoms with van der Waals surface area (Å²) in [6, 6.07) is 4.06. The smallest absolute Gasteiger partial charge is 0.236 e. The van der Waals surface area contributed by atoms with Crippen molar-refractivity contribution in [3.63, 3.8) is 0 Å². The van der Waals surface area contributed by atoms with E-state index in [0.717, 1.165) is 68.3 Å². The molecule has 0 radical (unpaired) electrons. The zero-order valence-corrected chi connectivity index (χ0v) is 15.3. The van der Waals surface area contributed by atoms with Crippen molar-refractivity contribution in [3.8, 4) is 0 Å². The molecule has 23 heavy (non-hydrogen) atoms. The van der Waals surface area contributed by atoms with Gasteiger partial charge < -0.3 is 9.80 Å². The van der Waals surface area contributed by atoms with Gasteiger partial charge in [-0.3, -0.25) is 9.69 Å². The van der Waals surface area contributed by atoms with Crippen LogP contribution in [0.5, 0.6) is 0 Å². The van der Waals surface area contributed by atoms with E-state index in [4.69, 9.17) is 0 Å². The first-order chi connectivity index (χ1) is 11.1. The molecule has 0 unspecified atom stereocenters. The molecule has 0 aromatic carbocycles. The van der Waals surface area contributed by atoms with Crippen molar-refractivity contribution in [3.05, 3.63) is 22.8 Å². The van der Waals surface area contributed by atoms with Crippen LogP contribution in [0.15, 0.2) is 22.8 Å². The topological polar surface area (TPSA) is 39.7 Å². The van der Waals surface area contributed by atoms with Crippen LogP contribution in [0.1, 0.15) is 19.8 Å². The maximum Gasteiger partial charge on any atom is 0.236 e. The van der Waals surface area contributed by atoms with Crippen molar-refractivity contribution < 1.29 is 4.79 Å². The predicted octanol–water partition coefficient (Wildman–Crippen LogP) is 2.22. The molecule has 1 amide bonds. The molecule has 0 saturated carbocycles. The molecule has 3 rings (SSSR count). The van der Waals surface area contributed by atoms with Crippen LogP contribution < -0.4 is 4.90 Å². The van der Waals surface area contributed by atoms with E-state index < -0.39 is 0 Å². The number of pyridine rings is 1. The van der Waals surface area contributed by atoms with Crippen molar-refractivity contribution in [2.24, 2.45) is 5.92 Å². The van der Waals surface area contributed by atoms with Crippen LogP contribution in [0.25, 0.3) is 0 Å². The largest absolute Gasteiger partial charge is 0.354 e. The average molecular weight is 381 g/mol. The van der Waals surface area contributed by atoms with Crippen LogP contribution >= 0.6 is 15.9 Å². The Morgan fingerprint density at radius 2 is 1.87 bits per heavy atom. The Labute approximate surface area is 146 Å². The van der Waals surface area contributed by atoms with E-state index in [1.165, 1.54) is 0 Å². The number of halogens is 1. The van der Waals surface area contributed by atoms with Gasteiger partial charge in [0.15, 0.2) is 0 Å². The lowest BCUT2D eigenvalue weighted by Crippen LogP contribution is -2.51. The van der Waals surface area contributed by atoms with E-state index in [9.17, 15) is 4.79 Å². The number of likely N-dealkylation sites (tertiary alicyclic amines) is 1. The first kappa shape index (κ1) is 16.7. The molecular weight excluding hydrogens is 356 g/mol. The van der Waals surface area contributed by atoms with Gasteiger partial charge in [-0.15, -0.1) is 0 Å². The first-order valence-electron chi connectivity index (χ1n) is 8.48. The van der Waals surface area contributed by atoms with E-state index in [0.29, 0.717) is 12.5 Å². The zero-order valence-electron chi connectivity index (χ0n) is 13.7.